The number of anilines is 1. The Morgan fingerprint density at radius 3 is 2.57 bits per heavy atom. The number of aromatic hydroxyl groups is 1. The summed E-state index contributed by atoms with van der Waals surface area (Å²) in [5.74, 6) is -0.151. The highest BCUT2D eigenvalue weighted by Gasteiger charge is 2.08. The van der Waals surface area contributed by atoms with E-state index < -0.39 is 0 Å². The van der Waals surface area contributed by atoms with Crippen molar-refractivity contribution in [2.45, 2.75) is 0 Å². The van der Waals surface area contributed by atoms with Crippen LogP contribution in [-0.4, -0.2) is 25.8 Å². The Labute approximate surface area is 120 Å². The fraction of sp³-hybridized carbons (Fsp3) is 0. The zero-order valence-corrected chi connectivity index (χ0v) is 11.0. The SMILES string of the molecule is O=C(Nc1cccc(O)c1)c1cccc(-n2cnnc2)c1. The minimum Gasteiger partial charge on any atom is -0.508 e. The zero-order chi connectivity index (χ0) is 14.7. The number of aromatic nitrogens is 3. The van der Waals surface area contributed by atoms with Crippen LogP contribution in [0.3, 0.4) is 0 Å². The molecule has 0 atom stereocenters. The summed E-state index contributed by atoms with van der Waals surface area (Å²) in [6.07, 6.45) is 3.12. The Morgan fingerprint density at radius 1 is 1.05 bits per heavy atom. The summed E-state index contributed by atoms with van der Waals surface area (Å²) in [4.78, 5) is 12.2. The molecule has 6 nitrogen and oxygen atoms in total. The lowest BCUT2D eigenvalue weighted by molar-refractivity contribution is 0.102. The highest BCUT2D eigenvalue weighted by atomic mass is 16.3. The molecule has 1 aromatic heterocycles. The molecular weight excluding hydrogens is 268 g/mol. The molecule has 21 heavy (non-hydrogen) atoms. The molecule has 0 saturated carbocycles. The Morgan fingerprint density at radius 2 is 1.81 bits per heavy atom. The van der Waals surface area contributed by atoms with E-state index in [1.54, 1.807) is 53.6 Å². The van der Waals surface area contributed by atoms with E-state index in [-0.39, 0.29) is 11.7 Å². The molecule has 0 aliphatic heterocycles. The van der Waals surface area contributed by atoms with Gasteiger partial charge in [0, 0.05) is 23.0 Å². The first-order valence-corrected chi connectivity index (χ1v) is 6.28. The summed E-state index contributed by atoms with van der Waals surface area (Å²) in [6, 6.07) is 13.5. The number of benzene rings is 2. The van der Waals surface area contributed by atoms with Gasteiger partial charge in [-0.1, -0.05) is 12.1 Å². The number of carbonyl (C=O) groups excluding carboxylic acids is 1. The second kappa shape index (κ2) is 5.46. The van der Waals surface area contributed by atoms with E-state index in [4.69, 9.17) is 0 Å². The maximum atomic E-state index is 12.2. The first-order valence-electron chi connectivity index (χ1n) is 6.28. The summed E-state index contributed by atoms with van der Waals surface area (Å²) in [6.45, 7) is 0. The normalized spacial score (nSPS) is 10.3. The second-order valence-electron chi connectivity index (χ2n) is 4.42. The highest BCUT2D eigenvalue weighted by molar-refractivity contribution is 6.04. The second-order valence-corrected chi connectivity index (χ2v) is 4.42. The third-order valence-electron chi connectivity index (χ3n) is 2.93. The van der Waals surface area contributed by atoms with Crippen LogP contribution in [0.2, 0.25) is 0 Å². The molecule has 0 spiro atoms. The van der Waals surface area contributed by atoms with Crippen LogP contribution in [0.1, 0.15) is 10.4 Å². The maximum Gasteiger partial charge on any atom is 0.255 e. The minimum absolute atomic E-state index is 0.103. The van der Waals surface area contributed by atoms with Crippen molar-refractivity contribution in [3.8, 4) is 11.4 Å². The van der Waals surface area contributed by atoms with Crippen molar-refractivity contribution in [3.05, 3.63) is 66.7 Å². The van der Waals surface area contributed by atoms with Crippen molar-refractivity contribution in [1.29, 1.82) is 0 Å². The van der Waals surface area contributed by atoms with Crippen molar-refractivity contribution in [2.24, 2.45) is 0 Å². The maximum absolute atomic E-state index is 12.2. The molecule has 3 rings (SSSR count). The molecule has 0 bridgehead atoms. The Bertz CT molecular complexity index is 769. The molecule has 0 fully saturated rings. The predicted octanol–water partition coefficient (Wildman–Crippen LogP) is 2.23. The number of nitrogens with zero attached hydrogens (tertiary/aromatic N) is 3. The van der Waals surface area contributed by atoms with E-state index in [1.165, 1.54) is 6.07 Å². The lowest BCUT2D eigenvalue weighted by Gasteiger charge is -2.07. The zero-order valence-electron chi connectivity index (χ0n) is 11.0. The average Bonchev–Trinajstić information content (AvgIpc) is 3.02. The van der Waals surface area contributed by atoms with Crippen LogP contribution in [0, 0.1) is 0 Å². The van der Waals surface area contributed by atoms with Crippen molar-refractivity contribution < 1.29 is 9.90 Å². The molecule has 6 heteroatoms. The van der Waals surface area contributed by atoms with Gasteiger partial charge in [0.15, 0.2) is 0 Å². The summed E-state index contributed by atoms with van der Waals surface area (Å²) in [7, 11) is 0. The predicted molar refractivity (Wildman–Crippen MR) is 77.4 cm³/mol. The van der Waals surface area contributed by atoms with Crippen LogP contribution in [0.4, 0.5) is 5.69 Å². The molecule has 1 amide bonds. The first-order chi connectivity index (χ1) is 10.2. The van der Waals surface area contributed by atoms with Gasteiger partial charge in [0.05, 0.1) is 0 Å². The van der Waals surface area contributed by atoms with Gasteiger partial charge in [-0.3, -0.25) is 9.36 Å². The van der Waals surface area contributed by atoms with Crippen LogP contribution in [0.15, 0.2) is 61.2 Å². The Hall–Kier alpha value is -3.15. The average molecular weight is 280 g/mol. The fourth-order valence-electron chi connectivity index (χ4n) is 1.93. The van der Waals surface area contributed by atoms with E-state index in [0.717, 1.165) is 5.69 Å². The lowest BCUT2D eigenvalue weighted by Crippen LogP contribution is -2.12. The molecule has 0 radical (unpaired) electrons. The molecule has 2 aromatic carbocycles. The Kier molecular flexibility index (Phi) is 3.34. The van der Waals surface area contributed by atoms with Gasteiger partial charge in [-0.25, -0.2) is 0 Å². The number of hydrogen-bond donors (Lipinski definition) is 2. The van der Waals surface area contributed by atoms with Gasteiger partial charge < -0.3 is 10.4 Å². The van der Waals surface area contributed by atoms with Gasteiger partial charge in [-0.2, -0.15) is 0 Å². The van der Waals surface area contributed by atoms with Crippen molar-refractivity contribution in [3.63, 3.8) is 0 Å². The summed E-state index contributed by atoms with van der Waals surface area (Å²) < 4.78 is 1.71. The number of amides is 1. The molecule has 3 aromatic rings. The minimum atomic E-state index is -0.254. The molecule has 2 N–H and O–H groups in total. The third kappa shape index (κ3) is 2.89. The highest BCUT2D eigenvalue weighted by Crippen LogP contribution is 2.17. The van der Waals surface area contributed by atoms with Crippen LogP contribution in [0.5, 0.6) is 5.75 Å². The first kappa shape index (κ1) is 12.9. The number of hydrogen-bond acceptors (Lipinski definition) is 4. The van der Waals surface area contributed by atoms with Crippen molar-refractivity contribution >= 4 is 11.6 Å². The van der Waals surface area contributed by atoms with Gasteiger partial charge in [-0.05, 0) is 30.3 Å². The fourth-order valence-corrected chi connectivity index (χ4v) is 1.93. The topological polar surface area (TPSA) is 80.0 Å². The van der Waals surface area contributed by atoms with E-state index >= 15 is 0 Å². The molecule has 0 aliphatic rings. The quantitative estimate of drug-likeness (QED) is 0.771. The number of phenolic OH excluding ortho intramolecular Hbond substituents is 1. The lowest BCUT2D eigenvalue weighted by atomic mass is 10.2. The summed E-state index contributed by atoms with van der Waals surface area (Å²) >= 11 is 0. The number of rotatable bonds is 3. The van der Waals surface area contributed by atoms with Crippen LogP contribution < -0.4 is 5.32 Å². The van der Waals surface area contributed by atoms with Crippen molar-refractivity contribution in [2.75, 3.05) is 5.32 Å². The summed E-state index contributed by atoms with van der Waals surface area (Å²) in [5, 5.41) is 19.6. The molecule has 0 saturated heterocycles. The van der Waals surface area contributed by atoms with Crippen LogP contribution in [-0.2, 0) is 0 Å². The molecule has 1 heterocycles. The number of phenols is 1. The van der Waals surface area contributed by atoms with E-state index in [2.05, 4.69) is 15.5 Å². The largest absolute Gasteiger partial charge is 0.508 e. The molecule has 0 unspecified atom stereocenters. The van der Waals surface area contributed by atoms with Gasteiger partial charge in [0.1, 0.15) is 18.4 Å². The standard InChI is InChI=1S/C15H12N4O2/c20-14-6-2-4-12(8-14)18-15(21)11-3-1-5-13(7-11)19-9-16-17-10-19/h1-10,20H,(H,18,21). The van der Waals surface area contributed by atoms with Crippen LogP contribution in [0.25, 0.3) is 5.69 Å². The van der Waals surface area contributed by atoms with Crippen LogP contribution >= 0.6 is 0 Å². The third-order valence-corrected chi connectivity index (χ3v) is 2.93. The smallest absolute Gasteiger partial charge is 0.255 e. The number of carbonyl (C=O) groups is 1. The van der Waals surface area contributed by atoms with E-state index in [0.29, 0.717) is 11.3 Å². The molecule has 104 valence electrons. The van der Waals surface area contributed by atoms with Gasteiger partial charge in [-0.15, -0.1) is 10.2 Å². The molecule has 0 aliphatic carbocycles. The Balaban J connectivity index is 1.83. The monoisotopic (exact) mass is 280 g/mol. The van der Waals surface area contributed by atoms with Gasteiger partial charge in [0.2, 0.25) is 0 Å². The summed E-state index contributed by atoms with van der Waals surface area (Å²) in [5.41, 5.74) is 1.84. The van der Waals surface area contributed by atoms with Gasteiger partial charge in [0.25, 0.3) is 5.91 Å². The van der Waals surface area contributed by atoms with E-state index in [1.807, 2.05) is 6.07 Å². The van der Waals surface area contributed by atoms with Gasteiger partial charge >= 0.3 is 0 Å². The van der Waals surface area contributed by atoms with Crippen molar-refractivity contribution in [1.82, 2.24) is 14.8 Å². The molecular formula is C15H12N4O2. The van der Waals surface area contributed by atoms with E-state index in [9.17, 15) is 9.90 Å². The number of nitrogens with one attached hydrogen (secondary N) is 1.